The summed E-state index contributed by atoms with van der Waals surface area (Å²) < 4.78 is 6.79. The summed E-state index contributed by atoms with van der Waals surface area (Å²) in [5, 5.41) is 0. The SMILES string of the molecule is CC(C)(C)c1cc(C(C)(C)C)c(Oc2ccc(N(c3ccc(N)cc3)c3ccc(N)cc3)cc2)c(C(C)(C)C)c1. The molecule has 4 nitrogen and oxygen atoms in total. The minimum absolute atomic E-state index is 0.0356. The van der Waals surface area contributed by atoms with Crippen molar-refractivity contribution in [1.29, 1.82) is 0 Å². The summed E-state index contributed by atoms with van der Waals surface area (Å²) in [5.74, 6) is 1.76. The zero-order chi connectivity index (χ0) is 29.5. The summed E-state index contributed by atoms with van der Waals surface area (Å²) in [5.41, 5.74) is 20.1. The summed E-state index contributed by atoms with van der Waals surface area (Å²) in [6.07, 6.45) is 0. The van der Waals surface area contributed by atoms with Gasteiger partial charge in [-0.25, -0.2) is 0 Å². The van der Waals surface area contributed by atoms with E-state index in [0.717, 1.165) is 39.9 Å². The van der Waals surface area contributed by atoms with Gasteiger partial charge in [-0.05, 0) is 94.6 Å². The fraction of sp³-hybridized carbons (Fsp3) is 0.333. The van der Waals surface area contributed by atoms with Crippen molar-refractivity contribution < 1.29 is 4.74 Å². The first-order valence-electron chi connectivity index (χ1n) is 14.0. The molecule has 0 aliphatic carbocycles. The Hall–Kier alpha value is -3.92. The molecule has 0 unspecified atom stereocenters. The van der Waals surface area contributed by atoms with Gasteiger partial charge in [-0.15, -0.1) is 0 Å². The molecule has 0 aliphatic heterocycles. The van der Waals surface area contributed by atoms with Crippen LogP contribution in [0.4, 0.5) is 28.4 Å². The van der Waals surface area contributed by atoms with Gasteiger partial charge in [0.15, 0.2) is 0 Å². The number of nitrogens with two attached hydrogens (primary N) is 2. The maximum Gasteiger partial charge on any atom is 0.134 e. The Bertz CT molecular complexity index is 1370. The van der Waals surface area contributed by atoms with Crippen LogP contribution in [0.3, 0.4) is 0 Å². The topological polar surface area (TPSA) is 64.5 Å². The number of benzene rings is 4. The monoisotopic (exact) mass is 535 g/mol. The summed E-state index contributed by atoms with van der Waals surface area (Å²) in [7, 11) is 0. The molecule has 4 heteroatoms. The molecule has 0 atom stereocenters. The number of rotatable bonds is 5. The van der Waals surface area contributed by atoms with Crippen molar-refractivity contribution >= 4 is 28.4 Å². The Morgan fingerprint density at radius 2 is 0.850 bits per heavy atom. The third kappa shape index (κ3) is 6.44. The third-order valence-electron chi connectivity index (χ3n) is 7.19. The second kappa shape index (κ2) is 10.6. The Balaban J connectivity index is 1.79. The molecule has 0 aliphatic rings. The molecule has 0 aromatic heterocycles. The van der Waals surface area contributed by atoms with E-state index in [2.05, 4.69) is 91.5 Å². The first kappa shape index (κ1) is 29.1. The molecule has 4 aromatic carbocycles. The molecule has 4 aromatic rings. The van der Waals surface area contributed by atoms with E-state index in [1.165, 1.54) is 16.7 Å². The Morgan fingerprint density at radius 1 is 0.500 bits per heavy atom. The number of ether oxygens (including phenoxy) is 1. The standard InChI is InChI=1S/C36H45N3O/c1-34(2,3)24-22-31(35(4,5)6)33(32(23-24)36(7,8)9)40-30-20-18-29(19-21-30)39(27-14-10-25(37)11-15-27)28-16-12-26(38)13-17-28/h10-23H,37-38H2,1-9H3. The first-order valence-corrected chi connectivity index (χ1v) is 14.0. The number of nitrogens with zero attached hydrogens (tertiary/aromatic N) is 1. The lowest BCUT2D eigenvalue weighted by molar-refractivity contribution is 0.430. The third-order valence-corrected chi connectivity index (χ3v) is 7.19. The van der Waals surface area contributed by atoms with Gasteiger partial charge in [0, 0.05) is 39.6 Å². The largest absolute Gasteiger partial charge is 0.457 e. The van der Waals surface area contributed by atoms with Crippen LogP contribution in [0.25, 0.3) is 0 Å². The maximum absolute atomic E-state index is 6.79. The molecule has 0 radical (unpaired) electrons. The van der Waals surface area contributed by atoms with Crippen LogP contribution in [0.2, 0.25) is 0 Å². The molecule has 0 bridgehead atoms. The Kier molecular flexibility index (Phi) is 7.68. The van der Waals surface area contributed by atoms with E-state index in [4.69, 9.17) is 16.2 Å². The van der Waals surface area contributed by atoms with E-state index < -0.39 is 0 Å². The molecule has 210 valence electrons. The van der Waals surface area contributed by atoms with E-state index in [0.29, 0.717) is 0 Å². The van der Waals surface area contributed by atoms with Crippen molar-refractivity contribution in [3.63, 3.8) is 0 Å². The van der Waals surface area contributed by atoms with Crippen LogP contribution in [0.1, 0.15) is 79.0 Å². The highest BCUT2D eigenvalue weighted by molar-refractivity contribution is 5.78. The molecule has 0 heterocycles. The fourth-order valence-corrected chi connectivity index (χ4v) is 4.76. The maximum atomic E-state index is 6.79. The average Bonchev–Trinajstić information content (AvgIpc) is 2.85. The van der Waals surface area contributed by atoms with Gasteiger partial charge in [-0.2, -0.15) is 0 Å². The normalized spacial score (nSPS) is 12.3. The molecule has 4 N–H and O–H groups in total. The molecular formula is C36H45N3O. The molecule has 0 saturated heterocycles. The van der Waals surface area contributed by atoms with E-state index in [9.17, 15) is 0 Å². The molecule has 0 amide bonds. The molecule has 40 heavy (non-hydrogen) atoms. The molecule has 0 saturated carbocycles. The van der Waals surface area contributed by atoms with Crippen LogP contribution < -0.4 is 21.1 Å². The lowest BCUT2D eigenvalue weighted by atomic mass is 9.74. The van der Waals surface area contributed by atoms with Gasteiger partial charge in [-0.1, -0.05) is 74.4 Å². The Labute approximate surface area is 241 Å². The van der Waals surface area contributed by atoms with E-state index in [1.807, 2.05) is 60.7 Å². The zero-order valence-corrected chi connectivity index (χ0v) is 25.6. The molecule has 0 spiro atoms. The highest BCUT2D eigenvalue weighted by Gasteiger charge is 2.30. The van der Waals surface area contributed by atoms with Crippen molar-refractivity contribution in [2.75, 3.05) is 16.4 Å². The van der Waals surface area contributed by atoms with Crippen LogP contribution in [-0.2, 0) is 16.2 Å². The zero-order valence-electron chi connectivity index (χ0n) is 25.6. The van der Waals surface area contributed by atoms with Gasteiger partial charge in [-0.3, -0.25) is 0 Å². The number of nitrogen functional groups attached to an aromatic ring is 2. The molecule has 4 rings (SSSR count). The molecule has 0 fully saturated rings. The van der Waals surface area contributed by atoms with E-state index in [-0.39, 0.29) is 16.2 Å². The van der Waals surface area contributed by atoms with E-state index in [1.54, 1.807) is 0 Å². The van der Waals surface area contributed by atoms with Crippen molar-refractivity contribution in [3.8, 4) is 11.5 Å². The van der Waals surface area contributed by atoms with Gasteiger partial charge < -0.3 is 21.1 Å². The number of hydrogen-bond acceptors (Lipinski definition) is 4. The summed E-state index contributed by atoms with van der Waals surface area (Å²) in [6.45, 7) is 20.4. The van der Waals surface area contributed by atoms with Crippen LogP contribution in [0.5, 0.6) is 11.5 Å². The Morgan fingerprint density at radius 3 is 1.18 bits per heavy atom. The van der Waals surface area contributed by atoms with Gasteiger partial charge in [0.05, 0.1) is 0 Å². The minimum atomic E-state index is -0.0857. The predicted molar refractivity (Wildman–Crippen MR) is 173 cm³/mol. The summed E-state index contributed by atoms with van der Waals surface area (Å²) in [4.78, 5) is 2.18. The number of hydrogen-bond donors (Lipinski definition) is 2. The van der Waals surface area contributed by atoms with Crippen LogP contribution in [0, 0.1) is 0 Å². The quantitative estimate of drug-likeness (QED) is 0.250. The predicted octanol–water partition coefficient (Wildman–Crippen LogP) is 10.0. The second-order valence-corrected chi connectivity index (χ2v) is 13.8. The smallest absolute Gasteiger partial charge is 0.134 e. The lowest BCUT2D eigenvalue weighted by Gasteiger charge is -2.33. The van der Waals surface area contributed by atoms with E-state index >= 15 is 0 Å². The van der Waals surface area contributed by atoms with Crippen LogP contribution in [0.15, 0.2) is 84.9 Å². The lowest BCUT2D eigenvalue weighted by Crippen LogP contribution is -2.22. The second-order valence-electron chi connectivity index (χ2n) is 13.8. The van der Waals surface area contributed by atoms with Crippen molar-refractivity contribution in [2.45, 2.75) is 78.6 Å². The van der Waals surface area contributed by atoms with Crippen LogP contribution >= 0.6 is 0 Å². The van der Waals surface area contributed by atoms with Crippen LogP contribution in [-0.4, -0.2) is 0 Å². The van der Waals surface area contributed by atoms with Gasteiger partial charge in [0.1, 0.15) is 11.5 Å². The summed E-state index contributed by atoms with van der Waals surface area (Å²) in [6, 6.07) is 28.7. The van der Waals surface area contributed by atoms with Crippen molar-refractivity contribution in [3.05, 3.63) is 102 Å². The highest BCUT2D eigenvalue weighted by atomic mass is 16.5. The van der Waals surface area contributed by atoms with Gasteiger partial charge >= 0.3 is 0 Å². The van der Waals surface area contributed by atoms with Crippen molar-refractivity contribution in [1.82, 2.24) is 0 Å². The van der Waals surface area contributed by atoms with Gasteiger partial charge in [0.25, 0.3) is 0 Å². The fourth-order valence-electron chi connectivity index (χ4n) is 4.76. The number of anilines is 5. The first-order chi connectivity index (χ1) is 18.5. The average molecular weight is 536 g/mol. The van der Waals surface area contributed by atoms with Gasteiger partial charge in [0.2, 0.25) is 0 Å². The summed E-state index contributed by atoms with van der Waals surface area (Å²) >= 11 is 0. The minimum Gasteiger partial charge on any atom is -0.457 e. The highest BCUT2D eigenvalue weighted by Crippen LogP contribution is 2.45. The van der Waals surface area contributed by atoms with Crippen molar-refractivity contribution in [2.24, 2.45) is 0 Å². The molecular weight excluding hydrogens is 490 g/mol.